The second kappa shape index (κ2) is 8.71. The molecule has 2 heterocycles. The zero-order valence-corrected chi connectivity index (χ0v) is 15.6. The molecule has 2 aromatic rings. The Labute approximate surface area is 159 Å². The first kappa shape index (κ1) is 19.0. The van der Waals surface area contributed by atoms with E-state index in [1.54, 1.807) is 6.92 Å². The second-order valence-electron chi connectivity index (χ2n) is 6.97. The van der Waals surface area contributed by atoms with Crippen LogP contribution in [0.2, 0.25) is 0 Å². The summed E-state index contributed by atoms with van der Waals surface area (Å²) in [5, 5.41) is 9.10. The zero-order chi connectivity index (χ0) is 19.2. The van der Waals surface area contributed by atoms with Gasteiger partial charge in [-0.3, -0.25) is 9.59 Å². The van der Waals surface area contributed by atoms with Crippen molar-refractivity contribution in [3.05, 3.63) is 65.1 Å². The molecule has 1 saturated heterocycles. The first-order valence-electron chi connectivity index (χ1n) is 9.39. The molecule has 1 fully saturated rings. The average molecular weight is 367 g/mol. The molecule has 1 unspecified atom stereocenters. The summed E-state index contributed by atoms with van der Waals surface area (Å²) in [5.41, 5.74) is 2.18. The molecule has 0 spiro atoms. The van der Waals surface area contributed by atoms with Crippen LogP contribution < -0.4 is 0 Å². The number of nitrogens with zero attached hydrogens (tertiary/aromatic N) is 1. The number of furan rings is 1. The zero-order valence-electron chi connectivity index (χ0n) is 15.6. The minimum atomic E-state index is -1.00. The Morgan fingerprint density at radius 3 is 2.74 bits per heavy atom. The Morgan fingerprint density at radius 2 is 2.00 bits per heavy atom. The smallest absolute Gasteiger partial charge is 0.311 e. The van der Waals surface area contributed by atoms with E-state index in [0.29, 0.717) is 17.7 Å². The number of rotatable bonds is 5. The minimum absolute atomic E-state index is 0.00724. The minimum Gasteiger partial charge on any atom is -0.481 e. The molecule has 0 saturated carbocycles. The molecular formula is C22H25NO4. The van der Waals surface area contributed by atoms with E-state index >= 15 is 0 Å². The molecule has 27 heavy (non-hydrogen) atoms. The maximum Gasteiger partial charge on any atom is 0.311 e. The SMILES string of the molecule is Cc1coc(CC(=O)O)c1C(=O)N1CCCCCC1/C=C/c1ccccc1. The molecule has 142 valence electrons. The summed E-state index contributed by atoms with van der Waals surface area (Å²) in [4.78, 5) is 26.3. The van der Waals surface area contributed by atoms with Gasteiger partial charge in [0, 0.05) is 12.1 Å². The van der Waals surface area contributed by atoms with Crippen molar-refractivity contribution < 1.29 is 19.1 Å². The van der Waals surface area contributed by atoms with E-state index < -0.39 is 5.97 Å². The predicted molar refractivity (Wildman–Crippen MR) is 104 cm³/mol. The molecule has 1 atom stereocenters. The van der Waals surface area contributed by atoms with E-state index in [9.17, 15) is 9.59 Å². The number of hydrogen-bond donors (Lipinski definition) is 1. The first-order chi connectivity index (χ1) is 13.1. The van der Waals surface area contributed by atoms with Gasteiger partial charge in [-0.2, -0.15) is 0 Å². The van der Waals surface area contributed by atoms with Gasteiger partial charge in [0.05, 0.1) is 17.9 Å². The van der Waals surface area contributed by atoms with E-state index in [4.69, 9.17) is 9.52 Å². The van der Waals surface area contributed by atoms with Crippen molar-refractivity contribution in [1.82, 2.24) is 4.90 Å². The average Bonchev–Trinajstić information content (AvgIpc) is 2.87. The van der Waals surface area contributed by atoms with Crippen molar-refractivity contribution in [3.63, 3.8) is 0 Å². The Hall–Kier alpha value is -2.82. The molecule has 0 bridgehead atoms. The monoisotopic (exact) mass is 367 g/mol. The number of benzene rings is 1. The molecule has 0 aliphatic carbocycles. The van der Waals surface area contributed by atoms with Crippen LogP contribution in [-0.4, -0.2) is 34.5 Å². The Morgan fingerprint density at radius 1 is 1.22 bits per heavy atom. The lowest BCUT2D eigenvalue weighted by molar-refractivity contribution is -0.136. The van der Waals surface area contributed by atoms with Crippen LogP contribution in [0.5, 0.6) is 0 Å². The summed E-state index contributed by atoms with van der Waals surface area (Å²) in [5.74, 6) is -0.906. The van der Waals surface area contributed by atoms with E-state index in [0.717, 1.165) is 31.2 Å². The van der Waals surface area contributed by atoms with Crippen molar-refractivity contribution in [2.75, 3.05) is 6.54 Å². The molecular weight excluding hydrogens is 342 g/mol. The standard InChI is InChI=1S/C22H25NO4/c1-16-15-27-19(14-20(24)25)21(16)22(26)23-13-7-3-6-10-18(23)12-11-17-8-4-2-5-9-17/h2,4-5,8-9,11-12,15,18H,3,6-7,10,13-14H2,1H3,(H,24,25)/b12-11+. The number of amides is 1. The third kappa shape index (κ3) is 4.67. The quantitative estimate of drug-likeness (QED) is 0.855. The highest BCUT2D eigenvalue weighted by atomic mass is 16.4. The number of carboxylic acids is 1. The summed E-state index contributed by atoms with van der Waals surface area (Å²) in [7, 11) is 0. The number of carboxylic acid groups (broad SMARTS) is 1. The predicted octanol–water partition coefficient (Wildman–Crippen LogP) is 4.31. The van der Waals surface area contributed by atoms with Gasteiger partial charge in [0.25, 0.3) is 5.91 Å². The topological polar surface area (TPSA) is 70.7 Å². The van der Waals surface area contributed by atoms with Crippen LogP contribution >= 0.6 is 0 Å². The van der Waals surface area contributed by atoms with Crippen LogP contribution in [0.3, 0.4) is 0 Å². The maximum absolute atomic E-state index is 13.3. The second-order valence-corrected chi connectivity index (χ2v) is 6.97. The highest BCUT2D eigenvalue weighted by molar-refractivity contribution is 5.97. The summed E-state index contributed by atoms with van der Waals surface area (Å²) in [6.45, 7) is 2.45. The van der Waals surface area contributed by atoms with Crippen molar-refractivity contribution in [1.29, 1.82) is 0 Å². The fourth-order valence-corrected chi connectivity index (χ4v) is 3.57. The molecule has 1 aromatic heterocycles. The normalized spacial score (nSPS) is 17.8. The molecule has 1 aromatic carbocycles. The lowest BCUT2D eigenvalue weighted by atomic mass is 10.0. The van der Waals surface area contributed by atoms with Crippen LogP contribution in [-0.2, 0) is 11.2 Å². The molecule has 1 N–H and O–H groups in total. The molecule has 5 heteroatoms. The van der Waals surface area contributed by atoms with Gasteiger partial charge in [-0.1, -0.05) is 55.3 Å². The van der Waals surface area contributed by atoms with Crippen LogP contribution in [0, 0.1) is 6.92 Å². The Bertz CT molecular complexity index is 822. The highest BCUT2D eigenvalue weighted by Crippen LogP contribution is 2.25. The Kier molecular flexibility index (Phi) is 6.12. The molecule has 3 rings (SSSR count). The molecule has 1 aliphatic rings. The van der Waals surface area contributed by atoms with Gasteiger partial charge >= 0.3 is 5.97 Å². The molecule has 0 radical (unpaired) electrons. The number of aliphatic carboxylic acids is 1. The van der Waals surface area contributed by atoms with E-state index in [1.165, 1.54) is 6.26 Å². The Balaban J connectivity index is 1.87. The van der Waals surface area contributed by atoms with Crippen LogP contribution in [0.4, 0.5) is 0 Å². The fourth-order valence-electron chi connectivity index (χ4n) is 3.57. The van der Waals surface area contributed by atoms with Gasteiger partial charge in [0.1, 0.15) is 12.2 Å². The number of carbonyl (C=O) groups is 2. The largest absolute Gasteiger partial charge is 0.481 e. The van der Waals surface area contributed by atoms with E-state index in [1.807, 2.05) is 35.2 Å². The summed E-state index contributed by atoms with van der Waals surface area (Å²) < 4.78 is 5.37. The van der Waals surface area contributed by atoms with Gasteiger partial charge < -0.3 is 14.4 Å². The fraction of sp³-hybridized carbons (Fsp3) is 0.364. The first-order valence-corrected chi connectivity index (χ1v) is 9.39. The van der Waals surface area contributed by atoms with Gasteiger partial charge in [0.2, 0.25) is 0 Å². The number of likely N-dealkylation sites (tertiary alicyclic amines) is 1. The van der Waals surface area contributed by atoms with Crippen LogP contribution in [0.15, 0.2) is 47.1 Å². The van der Waals surface area contributed by atoms with E-state index in [2.05, 4.69) is 12.2 Å². The van der Waals surface area contributed by atoms with Crippen molar-refractivity contribution in [2.24, 2.45) is 0 Å². The van der Waals surface area contributed by atoms with Crippen LogP contribution in [0.1, 0.15) is 52.9 Å². The maximum atomic E-state index is 13.3. The lowest BCUT2D eigenvalue weighted by Crippen LogP contribution is -2.39. The highest BCUT2D eigenvalue weighted by Gasteiger charge is 2.29. The number of aryl methyl sites for hydroxylation is 1. The summed E-state index contributed by atoms with van der Waals surface area (Å²) in [6.07, 6.45) is 9.34. The molecule has 5 nitrogen and oxygen atoms in total. The van der Waals surface area contributed by atoms with Crippen molar-refractivity contribution >= 4 is 18.0 Å². The van der Waals surface area contributed by atoms with Gasteiger partial charge in [0.15, 0.2) is 0 Å². The van der Waals surface area contributed by atoms with Crippen molar-refractivity contribution in [3.8, 4) is 0 Å². The third-order valence-corrected chi connectivity index (χ3v) is 4.95. The van der Waals surface area contributed by atoms with Crippen LogP contribution in [0.25, 0.3) is 6.08 Å². The van der Waals surface area contributed by atoms with E-state index in [-0.39, 0.29) is 24.1 Å². The van der Waals surface area contributed by atoms with Gasteiger partial charge in [-0.05, 0) is 25.3 Å². The lowest BCUT2D eigenvalue weighted by Gasteiger charge is -2.28. The van der Waals surface area contributed by atoms with Crippen molar-refractivity contribution in [2.45, 2.75) is 45.1 Å². The summed E-state index contributed by atoms with van der Waals surface area (Å²) >= 11 is 0. The number of hydrogen-bond acceptors (Lipinski definition) is 3. The van der Waals surface area contributed by atoms with Gasteiger partial charge in [-0.25, -0.2) is 0 Å². The number of carbonyl (C=O) groups excluding carboxylic acids is 1. The molecule has 1 amide bonds. The third-order valence-electron chi connectivity index (χ3n) is 4.95. The summed E-state index contributed by atoms with van der Waals surface area (Å²) in [6, 6.07) is 10.0. The van der Waals surface area contributed by atoms with Gasteiger partial charge in [-0.15, -0.1) is 0 Å². The molecule has 1 aliphatic heterocycles.